The standard InChI is InChI=1S/C20H22N4O2/c1-3-12-21-16-10-11-17(24-20(26)23(2)19(25)22-24)18-14-7-5-4-6-13(14)8-9-15(16)18/h4-11,16-17,21H,3,12H2,1-2H3,(H,22,25)/t16-,17+/m0/s1. The Morgan fingerprint density at radius 1 is 1.12 bits per heavy atom. The van der Waals surface area contributed by atoms with Crippen molar-refractivity contribution in [3.05, 3.63) is 80.6 Å². The van der Waals surface area contributed by atoms with E-state index in [0.717, 1.165) is 39.4 Å². The van der Waals surface area contributed by atoms with Crippen LogP contribution in [0, 0.1) is 0 Å². The van der Waals surface area contributed by atoms with Gasteiger partial charge in [-0.3, -0.25) is 0 Å². The maximum atomic E-state index is 12.5. The number of nitrogens with one attached hydrogen (secondary N) is 2. The van der Waals surface area contributed by atoms with Gasteiger partial charge in [0.2, 0.25) is 0 Å². The second-order valence-electron chi connectivity index (χ2n) is 6.68. The van der Waals surface area contributed by atoms with Crippen LogP contribution < -0.4 is 16.7 Å². The van der Waals surface area contributed by atoms with Crippen molar-refractivity contribution in [2.24, 2.45) is 7.05 Å². The van der Waals surface area contributed by atoms with Crippen molar-refractivity contribution in [1.82, 2.24) is 19.7 Å². The van der Waals surface area contributed by atoms with Gasteiger partial charge in [0.05, 0.1) is 12.1 Å². The van der Waals surface area contributed by atoms with Crippen LogP contribution >= 0.6 is 0 Å². The Kier molecular flexibility index (Phi) is 4.12. The van der Waals surface area contributed by atoms with Gasteiger partial charge in [-0.05, 0) is 34.9 Å². The predicted octanol–water partition coefficient (Wildman–Crippen LogP) is 2.23. The number of rotatable bonds is 4. The first kappa shape index (κ1) is 16.6. The molecule has 0 radical (unpaired) electrons. The Labute approximate surface area is 150 Å². The zero-order valence-electron chi connectivity index (χ0n) is 14.9. The molecule has 0 saturated carbocycles. The molecule has 2 N–H and O–H groups in total. The van der Waals surface area contributed by atoms with E-state index < -0.39 is 5.69 Å². The molecule has 6 nitrogen and oxygen atoms in total. The van der Waals surface area contributed by atoms with E-state index in [0.29, 0.717) is 0 Å². The minimum atomic E-state index is -0.406. The fourth-order valence-corrected chi connectivity index (χ4v) is 3.69. The van der Waals surface area contributed by atoms with E-state index in [-0.39, 0.29) is 17.8 Å². The maximum Gasteiger partial charge on any atom is 0.347 e. The van der Waals surface area contributed by atoms with E-state index in [1.807, 2.05) is 18.2 Å². The van der Waals surface area contributed by atoms with Crippen LogP contribution in [-0.4, -0.2) is 20.9 Å². The van der Waals surface area contributed by atoms with Crippen LogP contribution in [0.25, 0.3) is 10.8 Å². The minimum absolute atomic E-state index is 0.0944. The number of nitrogens with zero attached hydrogens (tertiary/aromatic N) is 2. The fourth-order valence-electron chi connectivity index (χ4n) is 3.69. The van der Waals surface area contributed by atoms with Crippen LogP contribution in [0.1, 0.15) is 36.6 Å². The molecule has 1 heterocycles. The summed E-state index contributed by atoms with van der Waals surface area (Å²) in [5, 5.41) is 8.44. The molecule has 1 aliphatic rings. The molecule has 2 aromatic carbocycles. The van der Waals surface area contributed by atoms with Crippen LogP contribution in [-0.2, 0) is 7.05 Å². The monoisotopic (exact) mass is 350 g/mol. The summed E-state index contributed by atoms with van der Waals surface area (Å²) < 4.78 is 2.51. The maximum absolute atomic E-state index is 12.5. The number of hydrogen-bond acceptors (Lipinski definition) is 3. The first-order valence-electron chi connectivity index (χ1n) is 8.92. The highest BCUT2D eigenvalue weighted by Crippen LogP contribution is 2.37. The summed E-state index contributed by atoms with van der Waals surface area (Å²) in [5.74, 6) is 0. The highest BCUT2D eigenvalue weighted by molar-refractivity contribution is 5.88. The van der Waals surface area contributed by atoms with Crippen LogP contribution in [0.5, 0.6) is 0 Å². The molecule has 0 saturated heterocycles. The van der Waals surface area contributed by atoms with E-state index in [2.05, 4.69) is 47.7 Å². The molecule has 0 unspecified atom stereocenters. The molecular weight excluding hydrogens is 328 g/mol. The lowest BCUT2D eigenvalue weighted by atomic mass is 9.85. The molecule has 134 valence electrons. The van der Waals surface area contributed by atoms with Crippen LogP contribution in [0.4, 0.5) is 0 Å². The van der Waals surface area contributed by atoms with Gasteiger partial charge in [-0.1, -0.05) is 55.5 Å². The Morgan fingerprint density at radius 2 is 1.92 bits per heavy atom. The number of aromatic amines is 1. The Bertz CT molecular complexity index is 1100. The third-order valence-corrected chi connectivity index (χ3v) is 5.03. The number of fused-ring (bicyclic) bond motifs is 3. The van der Waals surface area contributed by atoms with Gasteiger partial charge in [-0.25, -0.2) is 23.9 Å². The SMILES string of the molecule is CCCN[C@H]1C=C[C@@H](n2[nH]c(=O)n(C)c2=O)c2c1ccc1ccccc21. The topological polar surface area (TPSA) is 71.8 Å². The summed E-state index contributed by atoms with van der Waals surface area (Å²) in [4.78, 5) is 24.5. The van der Waals surface area contributed by atoms with E-state index in [1.165, 1.54) is 11.7 Å². The first-order chi connectivity index (χ1) is 12.6. The lowest BCUT2D eigenvalue weighted by molar-refractivity contribution is 0.539. The predicted molar refractivity (Wildman–Crippen MR) is 103 cm³/mol. The lowest BCUT2D eigenvalue weighted by Crippen LogP contribution is -2.31. The van der Waals surface area contributed by atoms with E-state index in [1.54, 1.807) is 0 Å². The van der Waals surface area contributed by atoms with Gasteiger partial charge in [0, 0.05) is 7.05 Å². The molecule has 4 rings (SSSR count). The summed E-state index contributed by atoms with van der Waals surface area (Å²) >= 11 is 0. The van der Waals surface area contributed by atoms with Crippen molar-refractivity contribution in [3.8, 4) is 0 Å². The van der Waals surface area contributed by atoms with Crippen molar-refractivity contribution in [3.63, 3.8) is 0 Å². The first-order valence-corrected chi connectivity index (χ1v) is 8.92. The second-order valence-corrected chi connectivity index (χ2v) is 6.68. The average molecular weight is 350 g/mol. The summed E-state index contributed by atoms with van der Waals surface area (Å²) in [6, 6.07) is 12.1. The molecular formula is C20H22N4O2. The van der Waals surface area contributed by atoms with Crippen molar-refractivity contribution >= 4 is 10.8 Å². The molecule has 0 aliphatic heterocycles. The molecule has 0 amide bonds. The molecule has 0 fully saturated rings. The number of benzene rings is 2. The number of aromatic nitrogens is 3. The average Bonchev–Trinajstić information content (AvgIpc) is 2.93. The molecule has 1 aromatic heterocycles. The quantitative estimate of drug-likeness (QED) is 0.709. The zero-order valence-corrected chi connectivity index (χ0v) is 14.9. The normalized spacial score (nSPS) is 19.0. The Hall–Kier alpha value is -2.86. The Balaban J connectivity index is 1.96. The summed E-state index contributed by atoms with van der Waals surface area (Å²) in [7, 11) is 1.49. The van der Waals surface area contributed by atoms with Gasteiger partial charge in [0.15, 0.2) is 0 Å². The second kappa shape index (κ2) is 6.46. The Morgan fingerprint density at radius 3 is 2.65 bits per heavy atom. The molecule has 2 atom stereocenters. The highest BCUT2D eigenvalue weighted by Gasteiger charge is 2.27. The lowest BCUT2D eigenvalue weighted by Gasteiger charge is -2.29. The molecule has 0 bridgehead atoms. The van der Waals surface area contributed by atoms with Crippen LogP contribution in [0.15, 0.2) is 58.1 Å². The zero-order chi connectivity index (χ0) is 18.3. The summed E-state index contributed by atoms with van der Waals surface area (Å²) in [6.45, 7) is 3.05. The van der Waals surface area contributed by atoms with Crippen molar-refractivity contribution in [2.75, 3.05) is 6.54 Å². The number of hydrogen-bond donors (Lipinski definition) is 2. The number of allylic oxidation sites excluding steroid dienone is 1. The molecule has 0 spiro atoms. The summed E-state index contributed by atoms with van der Waals surface area (Å²) in [6.07, 6.45) is 5.12. The molecule has 3 aromatic rings. The van der Waals surface area contributed by atoms with E-state index >= 15 is 0 Å². The number of H-pyrrole nitrogens is 1. The summed E-state index contributed by atoms with van der Waals surface area (Å²) in [5.41, 5.74) is 1.45. The van der Waals surface area contributed by atoms with E-state index in [4.69, 9.17) is 0 Å². The van der Waals surface area contributed by atoms with Crippen molar-refractivity contribution in [2.45, 2.75) is 25.4 Å². The third kappa shape index (κ3) is 2.54. The third-order valence-electron chi connectivity index (χ3n) is 5.03. The van der Waals surface area contributed by atoms with Crippen LogP contribution in [0.2, 0.25) is 0 Å². The molecule has 26 heavy (non-hydrogen) atoms. The van der Waals surface area contributed by atoms with E-state index in [9.17, 15) is 9.59 Å². The fraction of sp³-hybridized carbons (Fsp3) is 0.300. The minimum Gasteiger partial charge on any atom is -0.307 e. The van der Waals surface area contributed by atoms with Crippen molar-refractivity contribution < 1.29 is 0 Å². The van der Waals surface area contributed by atoms with Gasteiger partial charge in [-0.2, -0.15) is 0 Å². The largest absolute Gasteiger partial charge is 0.347 e. The van der Waals surface area contributed by atoms with Crippen molar-refractivity contribution in [1.29, 1.82) is 0 Å². The van der Waals surface area contributed by atoms with Gasteiger partial charge in [0.25, 0.3) is 0 Å². The van der Waals surface area contributed by atoms with Gasteiger partial charge in [0.1, 0.15) is 0 Å². The smallest absolute Gasteiger partial charge is 0.307 e. The van der Waals surface area contributed by atoms with Gasteiger partial charge in [-0.15, -0.1) is 0 Å². The van der Waals surface area contributed by atoms with Gasteiger partial charge < -0.3 is 5.32 Å². The molecule has 1 aliphatic carbocycles. The van der Waals surface area contributed by atoms with Crippen LogP contribution in [0.3, 0.4) is 0 Å². The molecule has 6 heteroatoms. The highest BCUT2D eigenvalue weighted by atomic mass is 16.2. The van der Waals surface area contributed by atoms with Gasteiger partial charge >= 0.3 is 11.4 Å².